The lowest BCUT2D eigenvalue weighted by atomic mass is 10.2. The number of aromatic nitrogens is 1. The van der Waals surface area contributed by atoms with Crippen LogP contribution in [0.2, 0.25) is 0 Å². The molecule has 3 heteroatoms. The standard InChI is InChI=1S/C14H25N3/c1-11(2)8-15-10-13-6-5-7-16-14(13)17-9-12(3)4/h5-7,11-12,15H,8-10H2,1-4H3,(H,16,17). The highest BCUT2D eigenvalue weighted by Gasteiger charge is 2.03. The summed E-state index contributed by atoms with van der Waals surface area (Å²) in [4.78, 5) is 4.40. The van der Waals surface area contributed by atoms with Crippen molar-refractivity contribution in [1.82, 2.24) is 10.3 Å². The molecular formula is C14H25N3. The zero-order chi connectivity index (χ0) is 12.7. The van der Waals surface area contributed by atoms with Gasteiger partial charge in [0, 0.05) is 24.8 Å². The van der Waals surface area contributed by atoms with E-state index in [0.29, 0.717) is 11.8 Å². The normalized spacial score (nSPS) is 11.2. The molecule has 0 saturated carbocycles. The number of hydrogen-bond donors (Lipinski definition) is 2. The molecule has 17 heavy (non-hydrogen) atoms. The predicted octanol–water partition coefficient (Wildman–Crippen LogP) is 2.90. The third kappa shape index (κ3) is 5.68. The number of nitrogens with one attached hydrogen (secondary N) is 2. The molecule has 0 fully saturated rings. The molecule has 1 aromatic heterocycles. The molecule has 0 bridgehead atoms. The van der Waals surface area contributed by atoms with Crippen molar-refractivity contribution < 1.29 is 0 Å². The van der Waals surface area contributed by atoms with Crippen LogP contribution >= 0.6 is 0 Å². The molecule has 1 aromatic rings. The summed E-state index contributed by atoms with van der Waals surface area (Å²) in [5, 5.41) is 6.85. The molecule has 1 rings (SSSR count). The van der Waals surface area contributed by atoms with Crippen LogP contribution in [0.1, 0.15) is 33.3 Å². The lowest BCUT2D eigenvalue weighted by Crippen LogP contribution is -2.20. The molecule has 0 aliphatic heterocycles. The second-order valence-electron chi connectivity index (χ2n) is 5.31. The van der Waals surface area contributed by atoms with Crippen LogP contribution < -0.4 is 10.6 Å². The smallest absolute Gasteiger partial charge is 0.130 e. The van der Waals surface area contributed by atoms with E-state index in [-0.39, 0.29) is 0 Å². The summed E-state index contributed by atoms with van der Waals surface area (Å²) in [5.41, 5.74) is 1.24. The molecule has 1 heterocycles. The molecule has 0 atom stereocenters. The van der Waals surface area contributed by atoms with Gasteiger partial charge in [-0.05, 0) is 24.4 Å². The highest BCUT2D eigenvalue weighted by atomic mass is 15.0. The molecule has 2 N–H and O–H groups in total. The Labute approximate surface area is 105 Å². The highest BCUT2D eigenvalue weighted by Crippen LogP contribution is 2.11. The number of anilines is 1. The Hall–Kier alpha value is -1.09. The van der Waals surface area contributed by atoms with Gasteiger partial charge in [0.05, 0.1) is 0 Å². The van der Waals surface area contributed by atoms with Gasteiger partial charge in [-0.15, -0.1) is 0 Å². The Morgan fingerprint density at radius 2 is 1.82 bits per heavy atom. The molecule has 0 aliphatic carbocycles. The van der Waals surface area contributed by atoms with Gasteiger partial charge >= 0.3 is 0 Å². The Morgan fingerprint density at radius 1 is 1.12 bits per heavy atom. The van der Waals surface area contributed by atoms with Crippen molar-refractivity contribution in [2.75, 3.05) is 18.4 Å². The van der Waals surface area contributed by atoms with Crippen LogP contribution in [0.25, 0.3) is 0 Å². The van der Waals surface area contributed by atoms with Gasteiger partial charge in [0.1, 0.15) is 5.82 Å². The van der Waals surface area contributed by atoms with E-state index in [9.17, 15) is 0 Å². The van der Waals surface area contributed by atoms with E-state index in [1.54, 1.807) is 0 Å². The lowest BCUT2D eigenvalue weighted by Gasteiger charge is -2.13. The van der Waals surface area contributed by atoms with Gasteiger partial charge in [0.15, 0.2) is 0 Å². The molecule has 0 saturated heterocycles. The highest BCUT2D eigenvalue weighted by molar-refractivity contribution is 5.43. The molecule has 0 unspecified atom stereocenters. The molecule has 3 nitrogen and oxygen atoms in total. The molecule has 0 aromatic carbocycles. The molecule has 0 spiro atoms. The summed E-state index contributed by atoms with van der Waals surface area (Å²) in [7, 11) is 0. The average molecular weight is 235 g/mol. The molecule has 96 valence electrons. The number of rotatable bonds is 7. The summed E-state index contributed by atoms with van der Waals surface area (Å²) >= 11 is 0. The fourth-order valence-electron chi connectivity index (χ4n) is 1.54. The van der Waals surface area contributed by atoms with Crippen LogP contribution in [0.4, 0.5) is 5.82 Å². The number of pyridine rings is 1. The largest absolute Gasteiger partial charge is 0.370 e. The van der Waals surface area contributed by atoms with Crippen molar-refractivity contribution in [3.8, 4) is 0 Å². The minimum absolute atomic E-state index is 0.633. The van der Waals surface area contributed by atoms with Gasteiger partial charge in [0.25, 0.3) is 0 Å². The van der Waals surface area contributed by atoms with Crippen LogP contribution in [0.15, 0.2) is 18.3 Å². The van der Waals surface area contributed by atoms with Crippen LogP contribution in [0.3, 0.4) is 0 Å². The zero-order valence-electron chi connectivity index (χ0n) is 11.5. The average Bonchev–Trinajstić information content (AvgIpc) is 2.27. The van der Waals surface area contributed by atoms with Crippen molar-refractivity contribution in [2.45, 2.75) is 34.2 Å². The van der Waals surface area contributed by atoms with Gasteiger partial charge in [-0.2, -0.15) is 0 Å². The van der Waals surface area contributed by atoms with Gasteiger partial charge in [-0.3, -0.25) is 0 Å². The number of nitrogens with zero attached hydrogens (tertiary/aromatic N) is 1. The Bertz CT molecular complexity index is 321. The summed E-state index contributed by atoms with van der Waals surface area (Å²) in [6.45, 7) is 11.7. The molecule has 0 amide bonds. The van der Waals surface area contributed by atoms with Crippen molar-refractivity contribution in [1.29, 1.82) is 0 Å². The monoisotopic (exact) mass is 235 g/mol. The van der Waals surface area contributed by atoms with Crippen molar-refractivity contribution >= 4 is 5.82 Å². The third-order valence-corrected chi connectivity index (χ3v) is 2.44. The van der Waals surface area contributed by atoms with Crippen LogP contribution in [-0.2, 0) is 6.54 Å². The maximum atomic E-state index is 4.40. The topological polar surface area (TPSA) is 37.0 Å². The molecule has 0 aliphatic rings. The minimum Gasteiger partial charge on any atom is -0.370 e. The van der Waals surface area contributed by atoms with E-state index in [1.807, 2.05) is 12.3 Å². The van der Waals surface area contributed by atoms with Gasteiger partial charge in [0.2, 0.25) is 0 Å². The first-order chi connectivity index (χ1) is 8.09. The van der Waals surface area contributed by atoms with Crippen molar-refractivity contribution in [3.05, 3.63) is 23.9 Å². The summed E-state index contributed by atoms with van der Waals surface area (Å²) in [5.74, 6) is 2.32. The first kappa shape index (κ1) is 14.0. The maximum absolute atomic E-state index is 4.40. The minimum atomic E-state index is 0.633. The van der Waals surface area contributed by atoms with Crippen molar-refractivity contribution in [3.63, 3.8) is 0 Å². The first-order valence-corrected chi connectivity index (χ1v) is 6.48. The van der Waals surface area contributed by atoms with E-state index in [4.69, 9.17) is 0 Å². The summed E-state index contributed by atoms with van der Waals surface area (Å²) in [6.07, 6.45) is 1.84. The summed E-state index contributed by atoms with van der Waals surface area (Å²) < 4.78 is 0. The SMILES string of the molecule is CC(C)CNCc1cccnc1NCC(C)C. The maximum Gasteiger partial charge on any atom is 0.130 e. The Kier molecular flexibility index (Phi) is 5.98. The predicted molar refractivity (Wildman–Crippen MR) is 74.1 cm³/mol. The molecular weight excluding hydrogens is 210 g/mol. The fraction of sp³-hybridized carbons (Fsp3) is 0.643. The van der Waals surface area contributed by atoms with Crippen LogP contribution in [-0.4, -0.2) is 18.1 Å². The Morgan fingerprint density at radius 3 is 2.47 bits per heavy atom. The van der Waals surface area contributed by atoms with Gasteiger partial charge in [-0.1, -0.05) is 33.8 Å². The lowest BCUT2D eigenvalue weighted by molar-refractivity contribution is 0.552. The van der Waals surface area contributed by atoms with E-state index in [0.717, 1.165) is 25.5 Å². The van der Waals surface area contributed by atoms with E-state index >= 15 is 0 Å². The Balaban J connectivity index is 2.51. The molecule has 0 radical (unpaired) electrons. The van der Waals surface area contributed by atoms with Crippen molar-refractivity contribution in [2.24, 2.45) is 11.8 Å². The van der Waals surface area contributed by atoms with E-state index in [1.165, 1.54) is 5.56 Å². The third-order valence-electron chi connectivity index (χ3n) is 2.44. The van der Waals surface area contributed by atoms with E-state index in [2.05, 4.69) is 49.4 Å². The number of hydrogen-bond acceptors (Lipinski definition) is 3. The van der Waals surface area contributed by atoms with Gasteiger partial charge < -0.3 is 10.6 Å². The second kappa shape index (κ2) is 7.28. The fourth-order valence-corrected chi connectivity index (χ4v) is 1.54. The van der Waals surface area contributed by atoms with Gasteiger partial charge in [-0.25, -0.2) is 4.98 Å². The van der Waals surface area contributed by atoms with Crippen LogP contribution in [0.5, 0.6) is 0 Å². The first-order valence-electron chi connectivity index (χ1n) is 6.48. The van der Waals surface area contributed by atoms with Crippen LogP contribution in [0, 0.1) is 11.8 Å². The second-order valence-corrected chi connectivity index (χ2v) is 5.31. The summed E-state index contributed by atoms with van der Waals surface area (Å²) in [6, 6.07) is 4.12. The quantitative estimate of drug-likeness (QED) is 0.763. The van der Waals surface area contributed by atoms with E-state index < -0.39 is 0 Å². The zero-order valence-corrected chi connectivity index (χ0v) is 11.5.